The lowest BCUT2D eigenvalue weighted by Gasteiger charge is -2.46. The minimum absolute atomic E-state index is 0.218. The highest BCUT2D eigenvalue weighted by Gasteiger charge is 2.41. The molecule has 1 amide bonds. The van der Waals surface area contributed by atoms with Crippen molar-refractivity contribution in [3.63, 3.8) is 0 Å². The van der Waals surface area contributed by atoms with Gasteiger partial charge in [0.1, 0.15) is 0 Å². The third kappa shape index (κ3) is 3.75. The molecule has 2 aliphatic rings. The van der Waals surface area contributed by atoms with Gasteiger partial charge in [0.25, 0.3) is 0 Å². The Hall–Kier alpha value is -0.570. The van der Waals surface area contributed by atoms with Gasteiger partial charge in [-0.05, 0) is 56.4 Å². The van der Waals surface area contributed by atoms with Gasteiger partial charge in [0, 0.05) is 12.6 Å². The summed E-state index contributed by atoms with van der Waals surface area (Å²) in [5, 5.41) is 6.73. The second-order valence-electron chi connectivity index (χ2n) is 8.92. The van der Waals surface area contributed by atoms with Crippen molar-refractivity contribution >= 4 is 5.91 Å². The van der Waals surface area contributed by atoms with Crippen LogP contribution in [0.5, 0.6) is 0 Å². The average Bonchev–Trinajstić information content (AvgIpc) is 2.25. The second kappa shape index (κ2) is 5.32. The molecule has 0 spiro atoms. The summed E-state index contributed by atoms with van der Waals surface area (Å²) in [6.07, 6.45) is 5.56. The summed E-state index contributed by atoms with van der Waals surface area (Å²) in [7, 11) is 0. The maximum Gasteiger partial charge on any atom is 0.227 e. The predicted molar refractivity (Wildman–Crippen MR) is 83.6 cm³/mol. The molecule has 1 heterocycles. The van der Waals surface area contributed by atoms with E-state index in [0.717, 1.165) is 38.8 Å². The van der Waals surface area contributed by atoms with Gasteiger partial charge in [-0.15, -0.1) is 0 Å². The molecule has 2 fully saturated rings. The van der Waals surface area contributed by atoms with E-state index in [1.165, 1.54) is 6.42 Å². The smallest absolute Gasteiger partial charge is 0.227 e. The highest BCUT2D eigenvalue weighted by atomic mass is 16.2. The van der Waals surface area contributed by atoms with Crippen LogP contribution in [0.25, 0.3) is 0 Å². The molecule has 1 aliphatic heterocycles. The molecule has 1 aliphatic carbocycles. The van der Waals surface area contributed by atoms with Gasteiger partial charge in [0.15, 0.2) is 0 Å². The summed E-state index contributed by atoms with van der Waals surface area (Å²) in [5.41, 5.74) is 0.431. The second-order valence-corrected chi connectivity index (χ2v) is 8.92. The Morgan fingerprint density at radius 3 is 2.20 bits per heavy atom. The zero-order valence-electron chi connectivity index (χ0n) is 13.9. The monoisotopic (exact) mass is 280 g/mol. The Kier molecular flexibility index (Phi) is 4.21. The minimum atomic E-state index is -0.218. The number of carbonyl (C=O) groups excluding carboxylic acids is 1. The van der Waals surface area contributed by atoms with E-state index in [1.807, 2.05) is 0 Å². The normalized spacial score (nSPS) is 33.6. The zero-order valence-corrected chi connectivity index (χ0v) is 13.9. The lowest BCUT2D eigenvalue weighted by atomic mass is 9.63. The van der Waals surface area contributed by atoms with E-state index in [1.54, 1.807) is 0 Å². The van der Waals surface area contributed by atoms with Crippen molar-refractivity contribution in [2.75, 3.05) is 13.1 Å². The quantitative estimate of drug-likeness (QED) is 0.816. The molecular formula is C17H32N2O. The lowest BCUT2D eigenvalue weighted by molar-refractivity contribution is -0.132. The summed E-state index contributed by atoms with van der Waals surface area (Å²) < 4.78 is 0. The fraction of sp³-hybridized carbons (Fsp3) is 0.941. The van der Waals surface area contributed by atoms with Crippen LogP contribution in [0.1, 0.15) is 66.7 Å². The van der Waals surface area contributed by atoms with Gasteiger partial charge in [-0.2, -0.15) is 0 Å². The van der Waals surface area contributed by atoms with E-state index in [9.17, 15) is 4.79 Å². The summed E-state index contributed by atoms with van der Waals surface area (Å²) in [4.78, 5) is 12.7. The molecular weight excluding hydrogens is 248 g/mol. The van der Waals surface area contributed by atoms with Crippen molar-refractivity contribution in [2.24, 2.45) is 16.2 Å². The summed E-state index contributed by atoms with van der Waals surface area (Å²) >= 11 is 0. The first-order chi connectivity index (χ1) is 9.12. The average molecular weight is 280 g/mol. The molecule has 20 heavy (non-hydrogen) atoms. The Bertz CT molecular complexity index is 351. The largest absolute Gasteiger partial charge is 0.353 e. The van der Waals surface area contributed by atoms with Crippen molar-refractivity contribution in [3.8, 4) is 0 Å². The fourth-order valence-corrected chi connectivity index (χ4v) is 4.56. The van der Waals surface area contributed by atoms with E-state index in [2.05, 4.69) is 45.3 Å². The van der Waals surface area contributed by atoms with Gasteiger partial charge in [-0.25, -0.2) is 0 Å². The molecule has 1 unspecified atom stereocenters. The van der Waals surface area contributed by atoms with E-state index < -0.39 is 0 Å². The van der Waals surface area contributed by atoms with Gasteiger partial charge in [-0.1, -0.05) is 27.7 Å². The van der Waals surface area contributed by atoms with Crippen LogP contribution in [0.4, 0.5) is 0 Å². The summed E-state index contributed by atoms with van der Waals surface area (Å²) in [6, 6.07) is 0.333. The van der Waals surface area contributed by atoms with Crippen LogP contribution in [0.3, 0.4) is 0 Å². The molecule has 0 aromatic rings. The molecule has 3 nitrogen and oxygen atoms in total. The molecule has 2 rings (SSSR count). The highest BCUT2D eigenvalue weighted by Crippen LogP contribution is 2.45. The topological polar surface area (TPSA) is 41.1 Å². The standard InChI is InChI=1S/C17H32N2O/c1-15(2)9-13(10-16(3,4)11-15)19-14(20)17(5)7-6-8-18-12-17/h13,18H,6-12H2,1-5H3,(H,19,20). The van der Waals surface area contributed by atoms with Gasteiger partial charge >= 0.3 is 0 Å². The number of hydrogen-bond acceptors (Lipinski definition) is 2. The van der Waals surface area contributed by atoms with Crippen LogP contribution >= 0.6 is 0 Å². The van der Waals surface area contributed by atoms with Gasteiger partial charge < -0.3 is 10.6 Å². The molecule has 3 heteroatoms. The van der Waals surface area contributed by atoms with Crippen LogP contribution in [0.15, 0.2) is 0 Å². The van der Waals surface area contributed by atoms with Crippen LogP contribution < -0.4 is 10.6 Å². The van der Waals surface area contributed by atoms with Crippen molar-refractivity contribution in [1.82, 2.24) is 10.6 Å². The summed E-state index contributed by atoms with van der Waals surface area (Å²) in [5.74, 6) is 0.253. The molecule has 2 N–H and O–H groups in total. The van der Waals surface area contributed by atoms with Crippen molar-refractivity contribution in [2.45, 2.75) is 72.8 Å². The van der Waals surface area contributed by atoms with Gasteiger partial charge in [0.2, 0.25) is 5.91 Å². The zero-order chi connectivity index (χ0) is 15.0. The molecule has 0 bridgehead atoms. The SMILES string of the molecule is CC1(C)CC(NC(=O)C2(C)CCCNC2)CC(C)(C)C1. The van der Waals surface area contributed by atoms with Crippen molar-refractivity contribution < 1.29 is 4.79 Å². The number of piperidine rings is 1. The number of rotatable bonds is 2. The van der Waals surface area contributed by atoms with E-state index in [0.29, 0.717) is 16.9 Å². The summed E-state index contributed by atoms with van der Waals surface area (Å²) in [6.45, 7) is 13.3. The Morgan fingerprint density at radius 2 is 1.70 bits per heavy atom. The molecule has 0 radical (unpaired) electrons. The number of carbonyl (C=O) groups is 1. The lowest BCUT2D eigenvalue weighted by Crippen LogP contribution is -2.53. The number of amides is 1. The van der Waals surface area contributed by atoms with Crippen LogP contribution in [0.2, 0.25) is 0 Å². The van der Waals surface area contributed by atoms with Crippen molar-refractivity contribution in [3.05, 3.63) is 0 Å². The molecule has 1 atom stereocenters. The Morgan fingerprint density at radius 1 is 1.10 bits per heavy atom. The van der Waals surface area contributed by atoms with Gasteiger partial charge in [0.05, 0.1) is 5.41 Å². The molecule has 116 valence electrons. The first kappa shape index (κ1) is 15.8. The molecule has 1 saturated heterocycles. The van der Waals surface area contributed by atoms with Gasteiger partial charge in [-0.3, -0.25) is 4.79 Å². The number of hydrogen-bond donors (Lipinski definition) is 2. The maximum absolute atomic E-state index is 12.7. The van der Waals surface area contributed by atoms with Crippen LogP contribution in [-0.4, -0.2) is 25.0 Å². The van der Waals surface area contributed by atoms with E-state index in [4.69, 9.17) is 0 Å². The first-order valence-corrected chi connectivity index (χ1v) is 8.14. The highest BCUT2D eigenvalue weighted by molar-refractivity contribution is 5.82. The Labute approximate surface area is 124 Å². The fourth-order valence-electron chi connectivity index (χ4n) is 4.56. The molecule has 0 aromatic carbocycles. The van der Waals surface area contributed by atoms with Crippen LogP contribution in [-0.2, 0) is 4.79 Å². The van der Waals surface area contributed by atoms with E-state index in [-0.39, 0.29) is 11.3 Å². The van der Waals surface area contributed by atoms with E-state index >= 15 is 0 Å². The van der Waals surface area contributed by atoms with Crippen molar-refractivity contribution in [1.29, 1.82) is 0 Å². The third-order valence-electron chi connectivity index (χ3n) is 5.04. The van der Waals surface area contributed by atoms with Crippen LogP contribution in [0, 0.1) is 16.2 Å². The third-order valence-corrected chi connectivity index (χ3v) is 5.04. The number of nitrogens with one attached hydrogen (secondary N) is 2. The minimum Gasteiger partial charge on any atom is -0.353 e. The Balaban J connectivity index is 2.00. The molecule has 0 aromatic heterocycles. The molecule has 1 saturated carbocycles. The maximum atomic E-state index is 12.7. The first-order valence-electron chi connectivity index (χ1n) is 8.14. The predicted octanol–water partition coefficient (Wildman–Crippen LogP) is 3.10.